The highest BCUT2D eigenvalue weighted by Gasteiger charge is 2.45. The SMILES string of the molecule is CC1C2C=CC(C2)C1COC(=O)C(F)(F)F. The van der Waals surface area contributed by atoms with E-state index in [2.05, 4.69) is 10.8 Å². The molecule has 0 aromatic carbocycles. The maximum absolute atomic E-state index is 11.9. The van der Waals surface area contributed by atoms with Crippen molar-refractivity contribution in [2.45, 2.75) is 19.5 Å². The zero-order valence-corrected chi connectivity index (χ0v) is 8.83. The summed E-state index contributed by atoms with van der Waals surface area (Å²) in [6.45, 7) is 1.88. The van der Waals surface area contributed by atoms with E-state index in [0.717, 1.165) is 6.42 Å². The van der Waals surface area contributed by atoms with Crippen LogP contribution < -0.4 is 0 Å². The number of carbonyl (C=O) groups excluding carboxylic acids is 1. The van der Waals surface area contributed by atoms with Crippen LogP contribution in [0.4, 0.5) is 13.2 Å². The summed E-state index contributed by atoms with van der Waals surface area (Å²) in [7, 11) is 0. The number of rotatable bonds is 2. The molecule has 0 amide bonds. The van der Waals surface area contributed by atoms with Gasteiger partial charge in [0.15, 0.2) is 0 Å². The molecule has 0 saturated heterocycles. The third kappa shape index (κ3) is 1.95. The standard InChI is InChI=1S/C11H13F3O2/c1-6-7-2-3-8(4-7)9(6)5-16-10(15)11(12,13)14/h2-3,6-9H,4-5H2,1H3. The van der Waals surface area contributed by atoms with Crippen LogP contribution in [-0.2, 0) is 9.53 Å². The van der Waals surface area contributed by atoms with Crippen molar-refractivity contribution in [1.82, 2.24) is 0 Å². The highest BCUT2D eigenvalue weighted by Crippen LogP contribution is 2.47. The van der Waals surface area contributed by atoms with E-state index in [-0.39, 0.29) is 18.4 Å². The summed E-state index contributed by atoms with van der Waals surface area (Å²) in [5.41, 5.74) is 0. The molecule has 0 aromatic heterocycles. The van der Waals surface area contributed by atoms with Crippen molar-refractivity contribution < 1.29 is 22.7 Å². The minimum Gasteiger partial charge on any atom is -0.459 e. The molecule has 2 bridgehead atoms. The molecule has 5 heteroatoms. The summed E-state index contributed by atoms with van der Waals surface area (Å²) in [6, 6.07) is 0. The molecule has 0 spiro atoms. The first-order chi connectivity index (χ1) is 7.39. The Labute approximate surface area is 91.5 Å². The first kappa shape index (κ1) is 11.5. The van der Waals surface area contributed by atoms with Crippen LogP contribution in [0.1, 0.15) is 13.3 Å². The predicted octanol–water partition coefficient (Wildman–Crippen LogP) is 2.55. The lowest BCUT2D eigenvalue weighted by Gasteiger charge is -2.24. The highest BCUT2D eigenvalue weighted by atomic mass is 19.4. The van der Waals surface area contributed by atoms with Gasteiger partial charge in [-0.05, 0) is 24.2 Å². The molecule has 16 heavy (non-hydrogen) atoms. The van der Waals surface area contributed by atoms with Crippen LogP contribution in [0.3, 0.4) is 0 Å². The lowest BCUT2D eigenvalue weighted by molar-refractivity contribution is -0.201. The monoisotopic (exact) mass is 234 g/mol. The van der Waals surface area contributed by atoms with Crippen molar-refractivity contribution in [2.24, 2.45) is 23.7 Å². The Kier molecular flexibility index (Phi) is 2.72. The molecule has 1 saturated carbocycles. The Bertz CT molecular complexity index is 322. The van der Waals surface area contributed by atoms with Gasteiger partial charge in [0.25, 0.3) is 0 Å². The number of esters is 1. The van der Waals surface area contributed by atoms with E-state index in [1.165, 1.54) is 0 Å². The fraction of sp³-hybridized carbons (Fsp3) is 0.727. The van der Waals surface area contributed by atoms with Crippen molar-refractivity contribution in [3.8, 4) is 0 Å². The van der Waals surface area contributed by atoms with Crippen molar-refractivity contribution in [3.63, 3.8) is 0 Å². The van der Waals surface area contributed by atoms with Gasteiger partial charge in [-0.1, -0.05) is 19.1 Å². The Morgan fingerprint density at radius 1 is 1.38 bits per heavy atom. The van der Waals surface area contributed by atoms with Gasteiger partial charge >= 0.3 is 12.1 Å². The molecule has 0 aromatic rings. The number of hydrogen-bond acceptors (Lipinski definition) is 2. The van der Waals surface area contributed by atoms with E-state index in [1.54, 1.807) is 0 Å². The largest absolute Gasteiger partial charge is 0.490 e. The van der Waals surface area contributed by atoms with Crippen molar-refractivity contribution in [2.75, 3.05) is 6.61 Å². The van der Waals surface area contributed by atoms with Crippen molar-refractivity contribution in [3.05, 3.63) is 12.2 Å². The van der Waals surface area contributed by atoms with Gasteiger partial charge < -0.3 is 4.74 Å². The third-order valence-electron chi connectivity index (χ3n) is 3.69. The maximum atomic E-state index is 11.9. The van der Waals surface area contributed by atoms with Crippen LogP contribution in [0, 0.1) is 23.7 Å². The molecule has 0 N–H and O–H groups in total. The van der Waals surface area contributed by atoms with Crippen LogP contribution in [0.25, 0.3) is 0 Å². The molecule has 2 aliphatic rings. The van der Waals surface area contributed by atoms with Crippen molar-refractivity contribution >= 4 is 5.97 Å². The Morgan fingerprint density at radius 3 is 2.50 bits per heavy atom. The fourth-order valence-corrected chi connectivity index (χ4v) is 2.70. The molecule has 4 atom stereocenters. The van der Waals surface area contributed by atoms with Gasteiger partial charge in [0.05, 0.1) is 6.61 Å². The fourth-order valence-electron chi connectivity index (χ4n) is 2.70. The molecule has 2 rings (SSSR count). The molecule has 0 radical (unpaired) electrons. The van der Waals surface area contributed by atoms with Crippen LogP contribution in [-0.4, -0.2) is 18.8 Å². The number of hydrogen-bond donors (Lipinski definition) is 0. The van der Waals surface area contributed by atoms with Crippen LogP contribution in [0.2, 0.25) is 0 Å². The lowest BCUT2D eigenvalue weighted by Crippen LogP contribution is -2.30. The summed E-state index contributed by atoms with van der Waals surface area (Å²) in [4.78, 5) is 10.6. The smallest absolute Gasteiger partial charge is 0.459 e. The van der Waals surface area contributed by atoms with Crippen molar-refractivity contribution in [1.29, 1.82) is 0 Å². The second-order valence-electron chi connectivity index (χ2n) is 4.57. The van der Waals surface area contributed by atoms with E-state index < -0.39 is 12.1 Å². The van der Waals surface area contributed by atoms with Crippen LogP contribution in [0.5, 0.6) is 0 Å². The van der Waals surface area contributed by atoms with Gasteiger partial charge in [0.2, 0.25) is 0 Å². The molecule has 4 unspecified atom stereocenters. The number of allylic oxidation sites excluding steroid dienone is 2. The average Bonchev–Trinajstić information content (AvgIpc) is 2.74. The molecular formula is C11H13F3O2. The first-order valence-electron chi connectivity index (χ1n) is 5.32. The lowest BCUT2D eigenvalue weighted by atomic mass is 9.85. The molecule has 2 aliphatic carbocycles. The van der Waals surface area contributed by atoms with Crippen LogP contribution in [0.15, 0.2) is 12.2 Å². The summed E-state index contributed by atoms with van der Waals surface area (Å²) in [6.07, 6.45) is 0.236. The summed E-state index contributed by atoms with van der Waals surface area (Å²) in [5, 5.41) is 0. The Morgan fingerprint density at radius 2 is 2.00 bits per heavy atom. The van der Waals surface area contributed by atoms with Gasteiger partial charge in [0.1, 0.15) is 0 Å². The Balaban J connectivity index is 1.88. The van der Waals surface area contributed by atoms with Gasteiger partial charge in [-0.15, -0.1) is 0 Å². The topological polar surface area (TPSA) is 26.3 Å². The highest BCUT2D eigenvalue weighted by molar-refractivity contribution is 5.75. The van der Waals surface area contributed by atoms with Gasteiger partial charge in [-0.3, -0.25) is 0 Å². The summed E-state index contributed by atoms with van der Waals surface area (Å²) < 4.78 is 40.1. The summed E-state index contributed by atoms with van der Waals surface area (Å²) in [5.74, 6) is -1.01. The van der Waals surface area contributed by atoms with Crippen LogP contribution >= 0.6 is 0 Å². The van der Waals surface area contributed by atoms with E-state index in [0.29, 0.717) is 11.8 Å². The zero-order valence-electron chi connectivity index (χ0n) is 8.83. The predicted molar refractivity (Wildman–Crippen MR) is 50.4 cm³/mol. The molecule has 2 nitrogen and oxygen atoms in total. The number of ether oxygens (including phenoxy) is 1. The number of alkyl halides is 3. The minimum atomic E-state index is -4.88. The van der Waals surface area contributed by atoms with Gasteiger partial charge in [-0.25, -0.2) is 4.79 Å². The quantitative estimate of drug-likeness (QED) is 0.542. The summed E-state index contributed by atoms with van der Waals surface area (Å²) >= 11 is 0. The van der Waals surface area contributed by atoms with E-state index in [9.17, 15) is 18.0 Å². The normalized spacial score (nSPS) is 36.8. The average molecular weight is 234 g/mol. The molecule has 0 aliphatic heterocycles. The first-order valence-corrected chi connectivity index (χ1v) is 5.32. The Hall–Kier alpha value is -1.00. The second-order valence-corrected chi connectivity index (χ2v) is 4.57. The minimum absolute atomic E-state index is 0.0429. The van der Waals surface area contributed by atoms with Gasteiger partial charge in [-0.2, -0.15) is 13.2 Å². The molecule has 0 heterocycles. The molecule has 90 valence electrons. The second kappa shape index (κ2) is 3.79. The van der Waals surface area contributed by atoms with E-state index in [4.69, 9.17) is 0 Å². The molecule has 1 fully saturated rings. The number of carbonyl (C=O) groups is 1. The van der Waals surface area contributed by atoms with E-state index >= 15 is 0 Å². The third-order valence-corrected chi connectivity index (χ3v) is 3.69. The number of fused-ring (bicyclic) bond motifs is 2. The zero-order chi connectivity index (χ0) is 11.9. The number of halogens is 3. The van der Waals surface area contributed by atoms with Gasteiger partial charge in [0, 0.05) is 5.92 Å². The van der Waals surface area contributed by atoms with E-state index in [1.807, 2.05) is 13.0 Å². The maximum Gasteiger partial charge on any atom is 0.490 e. The molecular weight excluding hydrogens is 221 g/mol.